The number of para-hydroxylation sites is 1. The van der Waals surface area contributed by atoms with E-state index in [9.17, 15) is 5.11 Å². The fraction of sp³-hybridized carbons (Fsp3) is 0.233. The number of aromatic nitrogens is 3. The SMILES string of the molecule is CC(C)c1cc(-c2ccccc2)cc(C(C)C)c1-n1c(-c2cc(C(C)(C)C)cc(C(C)(C)C)c2O)nc2c(-c3cc(-c4nccc5ccccc45)c4c(c3)sc3ccccc34)cccc21. The number of pyridine rings is 1. The average molecular weight is 868 g/mol. The predicted octanol–water partition coefficient (Wildman–Crippen LogP) is 17.2. The maximum absolute atomic E-state index is 12.7. The molecular formula is C60H57N3OS. The molecule has 7 aromatic carbocycles. The summed E-state index contributed by atoms with van der Waals surface area (Å²) in [5, 5.41) is 17.4. The molecule has 0 unspecified atom stereocenters. The smallest absolute Gasteiger partial charge is 0.149 e. The fourth-order valence-electron chi connectivity index (χ4n) is 9.70. The lowest BCUT2D eigenvalue weighted by molar-refractivity contribution is 0.446. The quantitative estimate of drug-likeness (QED) is 0.174. The molecule has 324 valence electrons. The Morgan fingerprint density at radius 2 is 1.25 bits per heavy atom. The second-order valence-corrected chi connectivity index (χ2v) is 21.5. The number of fused-ring (bicyclic) bond motifs is 5. The van der Waals surface area contributed by atoms with Crippen LogP contribution in [-0.4, -0.2) is 19.6 Å². The molecule has 1 N–H and O–H groups in total. The van der Waals surface area contributed by atoms with Crippen LogP contribution in [-0.2, 0) is 10.8 Å². The molecule has 5 heteroatoms. The number of phenolic OH excluding ortho intramolecular Hbond substituents is 1. The van der Waals surface area contributed by atoms with E-state index in [1.165, 1.54) is 42.4 Å². The Kier molecular flexibility index (Phi) is 10.3. The number of hydrogen-bond donors (Lipinski definition) is 1. The van der Waals surface area contributed by atoms with Crippen LogP contribution in [0.2, 0.25) is 0 Å². The van der Waals surface area contributed by atoms with Crippen molar-refractivity contribution in [2.24, 2.45) is 0 Å². The van der Waals surface area contributed by atoms with E-state index < -0.39 is 0 Å². The summed E-state index contributed by atoms with van der Waals surface area (Å²) in [5.41, 5.74) is 14.4. The molecule has 0 saturated carbocycles. The molecule has 0 saturated heterocycles. The molecule has 10 aromatic rings. The third-order valence-electron chi connectivity index (χ3n) is 13.2. The topological polar surface area (TPSA) is 50.9 Å². The van der Waals surface area contributed by atoms with Gasteiger partial charge < -0.3 is 5.11 Å². The lowest BCUT2D eigenvalue weighted by atomic mass is 9.78. The minimum Gasteiger partial charge on any atom is -0.507 e. The highest BCUT2D eigenvalue weighted by Crippen LogP contribution is 2.49. The van der Waals surface area contributed by atoms with E-state index in [2.05, 4.69) is 213 Å². The van der Waals surface area contributed by atoms with Crippen LogP contribution in [0.5, 0.6) is 5.75 Å². The number of imidazole rings is 1. The van der Waals surface area contributed by atoms with Crippen LogP contribution in [0.3, 0.4) is 0 Å². The first-order chi connectivity index (χ1) is 31.1. The van der Waals surface area contributed by atoms with Crippen molar-refractivity contribution in [2.75, 3.05) is 0 Å². The van der Waals surface area contributed by atoms with E-state index in [1.54, 1.807) is 0 Å². The molecule has 0 aliphatic rings. The van der Waals surface area contributed by atoms with E-state index in [0.29, 0.717) is 0 Å². The number of hydrogen-bond acceptors (Lipinski definition) is 4. The van der Waals surface area contributed by atoms with Gasteiger partial charge in [-0.1, -0.05) is 160 Å². The molecule has 4 nitrogen and oxygen atoms in total. The second-order valence-electron chi connectivity index (χ2n) is 20.4. The summed E-state index contributed by atoms with van der Waals surface area (Å²) >= 11 is 1.83. The van der Waals surface area contributed by atoms with Crippen molar-refractivity contribution >= 4 is 53.3 Å². The number of phenols is 1. The molecule has 0 radical (unpaired) electrons. The van der Waals surface area contributed by atoms with Crippen LogP contribution in [0.15, 0.2) is 146 Å². The summed E-state index contributed by atoms with van der Waals surface area (Å²) in [6.45, 7) is 22.5. The summed E-state index contributed by atoms with van der Waals surface area (Å²) in [5.74, 6) is 1.38. The Labute approximate surface area is 387 Å². The molecule has 3 aromatic heterocycles. The summed E-state index contributed by atoms with van der Waals surface area (Å²) in [4.78, 5) is 10.9. The maximum atomic E-state index is 12.7. The highest BCUT2D eigenvalue weighted by Gasteiger charge is 2.31. The van der Waals surface area contributed by atoms with Crippen molar-refractivity contribution in [2.45, 2.75) is 91.9 Å². The zero-order valence-corrected chi connectivity index (χ0v) is 40.0. The third-order valence-corrected chi connectivity index (χ3v) is 14.3. The van der Waals surface area contributed by atoms with Crippen molar-refractivity contribution in [3.8, 4) is 56.3 Å². The van der Waals surface area contributed by atoms with Gasteiger partial charge in [0.15, 0.2) is 0 Å². The van der Waals surface area contributed by atoms with Gasteiger partial charge in [0.1, 0.15) is 11.6 Å². The van der Waals surface area contributed by atoms with E-state index >= 15 is 0 Å². The van der Waals surface area contributed by atoms with Gasteiger partial charge in [-0.2, -0.15) is 0 Å². The van der Waals surface area contributed by atoms with E-state index in [-0.39, 0.29) is 28.4 Å². The molecule has 10 rings (SSSR count). The van der Waals surface area contributed by atoms with Gasteiger partial charge in [0.25, 0.3) is 0 Å². The first-order valence-electron chi connectivity index (χ1n) is 23.0. The van der Waals surface area contributed by atoms with E-state index in [4.69, 9.17) is 9.97 Å². The molecule has 0 fully saturated rings. The van der Waals surface area contributed by atoms with Crippen LogP contribution in [0.25, 0.3) is 92.6 Å². The van der Waals surface area contributed by atoms with Crippen LogP contribution >= 0.6 is 11.3 Å². The molecule has 65 heavy (non-hydrogen) atoms. The normalized spacial score (nSPS) is 12.5. The second kappa shape index (κ2) is 15.9. The first kappa shape index (κ1) is 42.4. The average Bonchev–Trinajstić information content (AvgIpc) is 3.86. The van der Waals surface area contributed by atoms with Crippen LogP contribution < -0.4 is 0 Å². The monoisotopic (exact) mass is 867 g/mol. The highest BCUT2D eigenvalue weighted by molar-refractivity contribution is 7.26. The van der Waals surface area contributed by atoms with Gasteiger partial charge in [-0.3, -0.25) is 9.55 Å². The van der Waals surface area contributed by atoms with Gasteiger partial charge in [-0.25, -0.2) is 4.98 Å². The van der Waals surface area contributed by atoms with Crippen molar-refractivity contribution in [3.05, 3.63) is 168 Å². The fourth-order valence-corrected chi connectivity index (χ4v) is 10.9. The summed E-state index contributed by atoms with van der Waals surface area (Å²) < 4.78 is 4.84. The van der Waals surface area contributed by atoms with Crippen LogP contribution in [0.4, 0.5) is 0 Å². The molecule has 3 heterocycles. The van der Waals surface area contributed by atoms with Gasteiger partial charge in [-0.15, -0.1) is 11.3 Å². The van der Waals surface area contributed by atoms with Crippen molar-refractivity contribution in [3.63, 3.8) is 0 Å². The number of thiophene rings is 1. The largest absolute Gasteiger partial charge is 0.507 e. The molecule has 0 bridgehead atoms. The van der Waals surface area contributed by atoms with Crippen LogP contribution in [0, 0.1) is 0 Å². The van der Waals surface area contributed by atoms with Gasteiger partial charge in [-0.05, 0) is 110 Å². The minimum atomic E-state index is -0.322. The molecule has 0 amide bonds. The van der Waals surface area contributed by atoms with Gasteiger partial charge in [0.2, 0.25) is 0 Å². The third kappa shape index (κ3) is 7.31. The number of benzene rings is 7. The van der Waals surface area contributed by atoms with Gasteiger partial charge in [0, 0.05) is 48.4 Å². The molecule has 0 atom stereocenters. The maximum Gasteiger partial charge on any atom is 0.149 e. The standard InChI is InChI=1S/C60H57N3OS/c1-35(2)45-29-39(37-19-12-11-13-20-37)30-46(36(3)4)56(45)63-50-25-18-24-43(55(50)62-58(63)48-33-41(59(5,6)7)34-49(57(48)64)60(8,9)10)40-31-47(54-42-22-15-14-21-38(42)27-28-61-54)53-44-23-16-17-26-51(44)65-52(53)32-40/h11-36,64H,1-10H3. The first-order valence-corrected chi connectivity index (χ1v) is 23.8. The van der Waals surface area contributed by atoms with Crippen molar-refractivity contribution in [1.82, 2.24) is 14.5 Å². The highest BCUT2D eigenvalue weighted by atomic mass is 32.1. The summed E-state index contributed by atoms with van der Waals surface area (Å²) in [7, 11) is 0. The number of rotatable bonds is 7. The molecule has 0 aliphatic heterocycles. The van der Waals surface area contributed by atoms with E-state index in [0.717, 1.165) is 72.4 Å². The van der Waals surface area contributed by atoms with Crippen LogP contribution in [0.1, 0.15) is 103 Å². The molecule has 0 aliphatic carbocycles. The molecular weight excluding hydrogens is 811 g/mol. The zero-order chi connectivity index (χ0) is 45.5. The number of nitrogens with zero attached hydrogens (tertiary/aromatic N) is 3. The minimum absolute atomic E-state index is 0.181. The van der Waals surface area contributed by atoms with E-state index in [1.807, 2.05) is 17.5 Å². The van der Waals surface area contributed by atoms with Crippen molar-refractivity contribution < 1.29 is 5.11 Å². The van der Waals surface area contributed by atoms with Crippen molar-refractivity contribution in [1.29, 1.82) is 0 Å². The summed E-state index contributed by atoms with van der Waals surface area (Å²) in [6.07, 6.45) is 1.94. The lowest BCUT2D eigenvalue weighted by Crippen LogP contribution is -2.17. The number of aromatic hydroxyl groups is 1. The Morgan fingerprint density at radius 3 is 1.94 bits per heavy atom. The zero-order valence-electron chi connectivity index (χ0n) is 39.2. The summed E-state index contributed by atoms with van der Waals surface area (Å²) in [6, 6.07) is 50.6. The Balaban J connectivity index is 1.34. The predicted molar refractivity (Wildman–Crippen MR) is 278 cm³/mol. The Hall–Kier alpha value is -6.56. The molecule has 0 spiro atoms. The van der Waals surface area contributed by atoms with Gasteiger partial charge in [0.05, 0.1) is 28.0 Å². The Morgan fingerprint density at radius 1 is 0.569 bits per heavy atom. The van der Waals surface area contributed by atoms with Gasteiger partial charge >= 0.3 is 0 Å². The Bertz CT molecular complexity index is 3430. The lowest BCUT2D eigenvalue weighted by Gasteiger charge is -2.28.